The van der Waals surface area contributed by atoms with E-state index in [0.717, 1.165) is 30.2 Å². The Labute approximate surface area is 220 Å². The van der Waals surface area contributed by atoms with Crippen LogP contribution in [0.15, 0.2) is 49.2 Å². The molecule has 0 spiro atoms. The van der Waals surface area contributed by atoms with E-state index in [0.29, 0.717) is 35.0 Å². The van der Waals surface area contributed by atoms with E-state index in [2.05, 4.69) is 49.4 Å². The summed E-state index contributed by atoms with van der Waals surface area (Å²) in [7, 11) is 1.49. The number of ether oxygens (including phenoxy) is 1. The maximum absolute atomic E-state index is 14.4. The maximum Gasteiger partial charge on any atom is 0.316 e. The van der Waals surface area contributed by atoms with Crippen LogP contribution in [-0.4, -0.2) is 50.5 Å². The van der Waals surface area contributed by atoms with Gasteiger partial charge < -0.3 is 15.4 Å². The summed E-state index contributed by atoms with van der Waals surface area (Å²) in [6, 6.07) is 7.79. The molecule has 1 aliphatic carbocycles. The Morgan fingerprint density at radius 1 is 1.11 bits per heavy atom. The third-order valence-electron chi connectivity index (χ3n) is 7.20. The molecular weight excluding hydrogens is 485 g/mol. The fourth-order valence-electron chi connectivity index (χ4n) is 4.45. The molecule has 4 aromatic rings. The van der Waals surface area contributed by atoms with Crippen LogP contribution < -0.4 is 15.4 Å². The number of rotatable bonds is 9. The Bertz CT molecular complexity index is 1440. The highest BCUT2D eigenvalue weighted by Gasteiger charge is 2.22. The van der Waals surface area contributed by atoms with Crippen LogP contribution in [0.2, 0.25) is 0 Å². The largest absolute Gasteiger partial charge is 0.460 e. The molecule has 1 unspecified atom stereocenters. The Morgan fingerprint density at radius 3 is 2.61 bits per heavy atom. The van der Waals surface area contributed by atoms with Gasteiger partial charge in [-0.05, 0) is 36.7 Å². The third kappa shape index (κ3) is 5.25. The van der Waals surface area contributed by atoms with Gasteiger partial charge in [-0.3, -0.25) is 9.78 Å². The number of amides is 1. The van der Waals surface area contributed by atoms with E-state index in [-0.39, 0.29) is 23.5 Å². The molecule has 196 valence electrons. The SMILES string of the molecule is CNC(=O)c1c(F)cnc2c(C(C)[C@H](C)CNc3cc(-c4cnc(OC5CCC5)nc4)ncn3)cccc12. The summed E-state index contributed by atoms with van der Waals surface area (Å²) >= 11 is 0. The number of halogens is 1. The molecule has 1 amide bonds. The average Bonchev–Trinajstić information content (AvgIpc) is 2.93. The van der Waals surface area contributed by atoms with E-state index in [1.807, 2.05) is 18.2 Å². The molecule has 1 saturated carbocycles. The fraction of sp³-hybridized carbons (Fsp3) is 0.357. The molecule has 9 nitrogen and oxygen atoms in total. The molecule has 2 atom stereocenters. The predicted molar refractivity (Wildman–Crippen MR) is 142 cm³/mol. The minimum atomic E-state index is -0.637. The monoisotopic (exact) mass is 515 g/mol. The molecule has 3 aromatic heterocycles. The van der Waals surface area contributed by atoms with E-state index in [4.69, 9.17) is 4.74 Å². The number of pyridine rings is 1. The van der Waals surface area contributed by atoms with E-state index in [1.54, 1.807) is 18.5 Å². The number of fused-ring (bicyclic) bond motifs is 1. The first kappa shape index (κ1) is 25.4. The summed E-state index contributed by atoms with van der Waals surface area (Å²) in [6.07, 6.45) is 9.56. The summed E-state index contributed by atoms with van der Waals surface area (Å²) in [4.78, 5) is 34.0. The highest BCUT2D eigenvalue weighted by atomic mass is 19.1. The van der Waals surface area contributed by atoms with Gasteiger partial charge in [-0.15, -0.1) is 0 Å². The van der Waals surface area contributed by atoms with Crippen LogP contribution in [0.25, 0.3) is 22.2 Å². The lowest BCUT2D eigenvalue weighted by molar-refractivity contribution is 0.0960. The normalized spacial score (nSPS) is 14.9. The van der Waals surface area contributed by atoms with Gasteiger partial charge in [-0.25, -0.2) is 24.3 Å². The first-order valence-electron chi connectivity index (χ1n) is 12.8. The smallest absolute Gasteiger partial charge is 0.316 e. The van der Waals surface area contributed by atoms with Crippen LogP contribution in [0.4, 0.5) is 10.2 Å². The summed E-state index contributed by atoms with van der Waals surface area (Å²) in [6.45, 7) is 4.85. The van der Waals surface area contributed by atoms with Crippen molar-refractivity contribution in [2.24, 2.45) is 5.92 Å². The van der Waals surface area contributed by atoms with Crippen molar-refractivity contribution in [1.29, 1.82) is 0 Å². The van der Waals surface area contributed by atoms with Crippen LogP contribution >= 0.6 is 0 Å². The third-order valence-corrected chi connectivity index (χ3v) is 7.20. The minimum absolute atomic E-state index is 0.0115. The van der Waals surface area contributed by atoms with Crippen molar-refractivity contribution in [3.8, 4) is 17.3 Å². The predicted octanol–water partition coefficient (Wildman–Crippen LogP) is 4.76. The van der Waals surface area contributed by atoms with Gasteiger partial charge in [0.05, 0.1) is 23.0 Å². The van der Waals surface area contributed by atoms with Gasteiger partial charge in [0.15, 0.2) is 5.82 Å². The van der Waals surface area contributed by atoms with Crippen LogP contribution in [0.3, 0.4) is 0 Å². The lowest BCUT2D eigenvalue weighted by Gasteiger charge is -2.24. The van der Waals surface area contributed by atoms with Crippen molar-refractivity contribution < 1.29 is 13.9 Å². The first-order chi connectivity index (χ1) is 18.4. The number of para-hydroxylation sites is 1. The van der Waals surface area contributed by atoms with E-state index in [9.17, 15) is 9.18 Å². The highest BCUT2D eigenvalue weighted by Crippen LogP contribution is 2.32. The summed E-state index contributed by atoms with van der Waals surface area (Å²) < 4.78 is 20.2. The van der Waals surface area contributed by atoms with Crippen molar-refractivity contribution >= 4 is 22.6 Å². The summed E-state index contributed by atoms with van der Waals surface area (Å²) in [5.74, 6) is -0.189. The number of nitrogens with one attached hydrogen (secondary N) is 2. The zero-order chi connectivity index (χ0) is 26.6. The molecule has 3 heterocycles. The molecule has 0 radical (unpaired) electrons. The second-order valence-electron chi connectivity index (χ2n) is 9.66. The molecule has 2 N–H and O–H groups in total. The van der Waals surface area contributed by atoms with Crippen LogP contribution in [0, 0.1) is 11.7 Å². The molecule has 1 fully saturated rings. The molecule has 0 bridgehead atoms. The topological polar surface area (TPSA) is 115 Å². The Balaban J connectivity index is 1.28. The van der Waals surface area contributed by atoms with Gasteiger partial charge in [0, 0.05) is 43.0 Å². The maximum atomic E-state index is 14.4. The molecule has 38 heavy (non-hydrogen) atoms. The number of aromatic nitrogens is 5. The van der Waals surface area contributed by atoms with Crippen molar-refractivity contribution in [3.63, 3.8) is 0 Å². The minimum Gasteiger partial charge on any atom is -0.460 e. The van der Waals surface area contributed by atoms with Gasteiger partial charge in [-0.2, -0.15) is 0 Å². The molecule has 1 aliphatic rings. The van der Waals surface area contributed by atoms with E-state index < -0.39 is 11.7 Å². The number of carbonyl (C=O) groups excluding carboxylic acids is 1. The number of hydrogen-bond donors (Lipinski definition) is 2. The Hall–Kier alpha value is -4.21. The van der Waals surface area contributed by atoms with E-state index >= 15 is 0 Å². The first-order valence-corrected chi connectivity index (χ1v) is 12.8. The number of hydrogen-bond acceptors (Lipinski definition) is 8. The lowest BCUT2D eigenvalue weighted by Crippen LogP contribution is -2.25. The highest BCUT2D eigenvalue weighted by molar-refractivity contribution is 6.06. The second kappa shape index (κ2) is 11.0. The van der Waals surface area contributed by atoms with Crippen molar-refractivity contribution in [2.75, 3.05) is 18.9 Å². The number of nitrogens with zero attached hydrogens (tertiary/aromatic N) is 5. The molecule has 0 aliphatic heterocycles. The number of carbonyl (C=O) groups is 1. The van der Waals surface area contributed by atoms with Crippen molar-refractivity contribution in [2.45, 2.75) is 45.1 Å². The fourth-order valence-corrected chi connectivity index (χ4v) is 4.45. The zero-order valence-electron chi connectivity index (χ0n) is 21.6. The Kier molecular flexibility index (Phi) is 7.39. The molecule has 5 rings (SSSR count). The van der Waals surface area contributed by atoms with Crippen molar-refractivity contribution in [1.82, 2.24) is 30.2 Å². The van der Waals surface area contributed by atoms with Crippen LogP contribution in [0.1, 0.15) is 54.9 Å². The van der Waals surface area contributed by atoms with Crippen LogP contribution in [-0.2, 0) is 0 Å². The quantitative estimate of drug-likeness (QED) is 0.328. The number of benzene rings is 1. The standard InChI is InChI=1S/C28H30FN7O2/c1-16(17(2)20-8-5-9-21-25(27(37)30-3)22(29)14-32-26(20)21)11-31-24-10-23(35-15-36-24)18-12-33-28(34-13-18)38-19-6-4-7-19/h5,8-10,12-17,19H,4,6-7,11H2,1-3H3,(H,30,37)(H,31,35,36)/t16-,17?/m1/s1. The van der Waals surface area contributed by atoms with Crippen LogP contribution in [0.5, 0.6) is 6.01 Å². The lowest BCUT2D eigenvalue weighted by atomic mass is 9.87. The zero-order valence-corrected chi connectivity index (χ0v) is 21.6. The average molecular weight is 516 g/mol. The van der Waals surface area contributed by atoms with Gasteiger partial charge in [-0.1, -0.05) is 32.0 Å². The van der Waals surface area contributed by atoms with Gasteiger partial charge in [0.1, 0.15) is 18.2 Å². The Morgan fingerprint density at radius 2 is 1.89 bits per heavy atom. The molecule has 10 heteroatoms. The van der Waals surface area contributed by atoms with Gasteiger partial charge in [0.2, 0.25) is 0 Å². The molecule has 1 aromatic carbocycles. The van der Waals surface area contributed by atoms with Gasteiger partial charge >= 0.3 is 6.01 Å². The van der Waals surface area contributed by atoms with Gasteiger partial charge in [0.25, 0.3) is 5.91 Å². The van der Waals surface area contributed by atoms with Crippen molar-refractivity contribution in [3.05, 3.63) is 66.1 Å². The molecule has 0 saturated heterocycles. The summed E-state index contributed by atoms with van der Waals surface area (Å²) in [5, 5.41) is 6.41. The molecular formula is C28H30FN7O2. The summed E-state index contributed by atoms with van der Waals surface area (Å²) in [5.41, 5.74) is 3.07. The second-order valence-corrected chi connectivity index (χ2v) is 9.66. The number of anilines is 1. The van der Waals surface area contributed by atoms with E-state index in [1.165, 1.54) is 19.8 Å².